The van der Waals surface area contributed by atoms with E-state index >= 15 is 0 Å². The minimum Gasteiger partial charge on any atom is -0.455 e. The molecule has 0 saturated heterocycles. The van der Waals surface area contributed by atoms with Crippen molar-refractivity contribution >= 4 is 40.5 Å². The average molecular weight is 458 g/mol. The van der Waals surface area contributed by atoms with Crippen LogP contribution in [-0.4, -0.2) is 30.0 Å². The quantitative estimate of drug-likeness (QED) is 0.460. The van der Waals surface area contributed by atoms with Crippen molar-refractivity contribution < 1.29 is 18.7 Å². The minimum atomic E-state index is -0.601. The molecule has 3 aromatic rings. The van der Waals surface area contributed by atoms with Crippen LogP contribution in [0.1, 0.15) is 12.1 Å². The molecule has 158 valence electrons. The van der Waals surface area contributed by atoms with Gasteiger partial charge in [-0.25, -0.2) is 9.37 Å². The number of nitriles is 1. The van der Waals surface area contributed by atoms with Crippen molar-refractivity contribution in [1.29, 1.82) is 5.26 Å². The van der Waals surface area contributed by atoms with Crippen LogP contribution in [0.25, 0.3) is 10.6 Å². The van der Waals surface area contributed by atoms with E-state index in [2.05, 4.69) is 4.98 Å². The number of carbonyl (C=O) groups excluding carboxylic acids is 2. The van der Waals surface area contributed by atoms with E-state index in [1.165, 1.54) is 40.5 Å². The first kappa shape index (κ1) is 22.4. The lowest BCUT2D eigenvalue weighted by Crippen LogP contribution is -2.35. The Morgan fingerprint density at radius 3 is 2.71 bits per heavy atom. The summed E-state index contributed by atoms with van der Waals surface area (Å²) in [5.74, 6) is -1.55. The molecule has 0 N–H and O–H groups in total. The number of amides is 1. The van der Waals surface area contributed by atoms with Gasteiger partial charge in [0.1, 0.15) is 10.8 Å². The molecule has 3 rings (SSSR count). The van der Waals surface area contributed by atoms with Crippen LogP contribution in [0.4, 0.5) is 10.1 Å². The van der Waals surface area contributed by atoms with Gasteiger partial charge in [0.05, 0.1) is 24.6 Å². The van der Waals surface area contributed by atoms with Gasteiger partial charge in [0.2, 0.25) is 0 Å². The third kappa shape index (κ3) is 6.35. The molecule has 1 amide bonds. The second-order valence-electron chi connectivity index (χ2n) is 6.42. The Labute approximate surface area is 187 Å². The third-order valence-corrected chi connectivity index (χ3v) is 5.37. The van der Waals surface area contributed by atoms with Crippen molar-refractivity contribution in [2.45, 2.75) is 12.8 Å². The molecular weight excluding hydrogens is 441 g/mol. The van der Waals surface area contributed by atoms with Gasteiger partial charge in [0.15, 0.2) is 6.61 Å². The second kappa shape index (κ2) is 10.7. The lowest BCUT2D eigenvalue weighted by molar-refractivity contribution is -0.147. The number of rotatable bonds is 8. The smallest absolute Gasteiger partial charge is 0.312 e. The van der Waals surface area contributed by atoms with E-state index in [0.717, 1.165) is 10.6 Å². The maximum absolute atomic E-state index is 13.2. The van der Waals surface area contributed by atoms with E-state index in [0.29, 0.717) is 16.4 Å². The Morgan fingerprint density at radius 1 is 1.23 bits per heavy atom. The second-order valence-corrected chi connectivity index (χ2v) is 7.72. The summed E-state index contributed by atoms with van der Waals surface area (Å²) in [5.41, 5.74) is 1.79. The number of halogens is 2. The van der Waals surface area contributed by atoms with Crippen molar-refractivity contribution in [2.24, 2.45) is 0 Å². The molecule has 2 aromatic carbocycles. The standard InChI is InChI=1S/C22H17ClFN3O3S/c23-16-4-1-3-15(11-16)22-26-18(14-31-22)12-21(29)30-13-20(28)27(10-2-9-25)19-7-5-17(24)6-8-19/h1,3-8,11,14H,2,10,12-13H2. The van der Waals surface area contributed by atoms with Crippen molar-refractivity contribution in [3.05, 3.63) is 70.4 Å². The molecule has 0 fully saturated rings. The Kier molecular flexibility index (Phi) is 7.70. The van der Waals surface area contributed by atoms with Gasteiger partial charge in [-0.2, -0.15) is 5.26 Å². The zero-order valence-corrected chi connectivity index (χ0v) is 17.8. The van der Waals surface area contributed by atoms with Crippen molar-refractivity contribution in [3.63, 3.8) is 0 Å². The number of nitrogens with zero attached hydrogens (tertiary/aromatic N) is 3. The van der Waals surface area contributed by atoms with Crippen LogP contribution in [0.3, 0.4) is 0 Å². The van der Waals surface area contributed by atoms with E-state index in [-0.39, 0.29) is 19.4 Å². The number of esters is 1. The molecule has 1 heterocycles. The highest BCUT2D eigenvalue weighted by Crippen LogP contribution is 2.26. The molecule has 0 aliphatic rings. The number of thiazole rings is 1. The molecule has 0 aliphatic heterocycles. The van der Waals surface area contributed by atoms with Gasteiger partial charge >= 0.3 is 5.97 Å². The van der Waals surface area contributed by atoms with Gasteiger partial charge < -0.3 is 9.64 Å². The Bertz CT molecular complexity index is 1110. The van der Waals surface area contributed by atoms with Gasteiger partial charge in [-0.15, -0.1) is 11.3 Å². The molecular formula is C22H17ClFN3O3S. The van der Waals surface area contributed by atoms with E-state index in [4.69, 9.17) is 21.6 Å². The summed E-state index contributed by atoms with van der Waals surface area (Å²) in [6, 6.07) is 14.5. The summed E-state index contributed by atoms with van der Waals surface area (Å²) in [5, 5.41) is 11.9. The number of ether oxygens (including phenoxy) is 1. The molecule has 9 heteroatoms. The van der Waals surface area contributed by atoms with Crippen LogP contribution >= 0.6 is 22.9 Å². The molecule has 0 unspecified atom stereocenters. The predicted octanol–water partition coefficient (Wildman–Crippen LogP) is 4.64. The van der Waals surface area contributed by atoms with Crippen molar-refractivity contribution in [3.8, 4) is 16.6 Å². The van der Waals surface area contributed by atoms with Gasteiger partial charge in [0.25, 0.3) is 5.91 Å². The van der Waals surface area contributed by atoms with Gasteiger partial charge in [-0.1, -0.05) is 23.7 Å². The van der Waals surface area contributed by atoms with Gasteiger partial charge in [0, 0.05) is 28.2 Å². The molecule has 6 nitrogen and oxygen atoms in total. The monoisotopic (exact) mass is 457 g/mol. The number of carbonyl (C=O) groups is 2. The molecule has 31 heavy (non-hydrogen) atoms. The number of hydrogen-bond donors (Lipinski definition) is 0. The first-order chi connectivity index (χ1) is 15.0. The normalized spacial score (nSPS) is 10.4. The summed E-state index contributed by atoms with van der Waals surface area (Å²) >= 11 is 7.37. The fourth-order valence-corrected chi connectivity index (χ4v) is 3.75. The third-order valence-electron chi connectivity index (χ3n) is 4.19. The molecule has 0 radical (unpaired) electrons. The van der Waals surface area contributed by atoms with E-state index in [1.54, 1.807) is 17.5 Å². The van der Waals surface area contributed by atoms with Gasteiger partial charge in [-0.3, -0.25) is 9.59 Å². The topological polar surface area (TPSA) is 83.3 Å². The predicted molar refractivity (Wildman–Crippen MR) is 116 cm³/mol. The highest BCUT2D eigenvalue weighted by Gasteiger charge is 2.18. The molecule has 0 atom stereocenters. The Morgan fingerprint density at radius 2 is 2.00 bits per heavy atom. The largest absolute Gasteiger partial charge is 0.455 e. The van der Waals surface area contributed by atoms with Crippen LogP contribution in [0.5, 0.6) is 0 Å². The number of aromatic nitrogens is 1. The molecule has 1 aromatic heterocycles. The highest BCUT2D eigenvalue weighted by atomic mass is 35.5. The lowest BCUT2D eigenvalue weighted by atomic mass is 10.2. The lowest BCUT2D eigenvalue weighted by Gasteiger charge is -2.21. The van der Waals surface area contributed by atoms with Crippen molar-refractivity contribution in [2.75, 3.05) is 18.1 Å². The first-order valence-electron chi connectivity index (χ1n) is 9.25. The van der Waals surface area contributed by atoms with Crippen LogP contribution in [0.15, 0.2) is 53.9 Å². The Balaban J connectivity index is 1.58. The molecule has 0 bridgehead atoms. The summed E-state index contributed by atoms with van der Waals surface area (Å²) in [7, 11) is 0. The fraction of sp³-hybridized carbons (Fsp3) is 0.182. The van der Waals surface area contributed by atoms with E-state index in [1.807, 2.05) is 18.2 Å². The Hall–Kier alpha value is -3.28. The first-order valence-corrected chi connectivity index (χ1v) is 10.5. The molecule has 0 saturated carbocycles. The summed E-state index contributed by atoms with van der Waals surface area (Å²) < 4.78 is 18.3. The summed E-state index contributed by atoms with van der Waals surface area (Å²) in [4.78, 5) is 30.4. The number of hydrogen-bond acceptors (Lipinski definition) is 6. The van der Waals surface area contributed by atoms with E-state index < -0.39 is 24.3 Å². The number of benzene rings is 2. The SMILES string of the molecule is N#CCCN(C(=O)COC(=O)Cc1csc(-c2cccc(Cl)c2)n1)c1ccc(F)cc1. The highest BCUT2D eigenvalue weighted by molar-refractivity contribution is 7.13. The minimum absolute atomic E-state index is 0.0842. The van der Waals surface area contributed by atoms with E-state index in [9.17, 15) is 14.0 Å². The van der Waals surface area contributed by atoms with Crippen molar-refractivity contribution in [1.82, 2.24) is 4.98 Å². The van der Waals surface area contributed by atoms with Crippen LogP contribution < -0.4 is 4.90 Å². The average Bonchev–Trinajstić information content (AvgIpc) is 3.22. The molecule has 0 spiro atoms. The van der Waals surface area contributed by atoms with Crippen LogP contribution in [-0.2, 0) is 20.7 Å². The number of anilines is 1. The summed E-state index contributed by atoms with van der Waals surface area (Å²) in [6.45, 7) is -0.388. The molecule has 0 aliphatic carbocycles. The summed E-state index contributed by atoms with van der Waals surface area (Å²) in [6.07, 6.45) is 0.00125. The maximum Gasteiger partial charge on any atom is 0.312 e. The zero-order valence-electron chi connectivity index (χ0n) is 16.3. The van der Waals surface area contributed by atoms with Crippen LogP contribution in [0, 0.1) is 17.1 Å². The van der Waals surface area contributed by atoms with Crippen LogP contribution in [0.2, 0.25) is 5.02 Å². The fourth-order valence-electron chi connectivity index (χ4n) is 2.74. The maximum atomic E-state index is 13.2. The van der Waals surface area contributed by atoms with Gasteiger partial charge in [-0.05, 0) is 36.4 Å². The zero-order chi connectivity index (χ0) is 22.2.